The zero-order valence-electron chi connectivity index (χ0n) is 15.1. The van der Waals surface area contributed by atoms with Gasteiger partial charge < -0.3 is 5.32 Å². The van der Waals surface area contributed by atoms with Crippen LogP contribution in [-0.2, 0) is 21.2 Å². The molecule has 1 aliphatic carbocycles. The van der Waals surface area contributed by atoms with Crippen LogP contribution in [0.15, 0.2) is 29.2 Å². The number of carbonyl (C=O) groups excluding carboxylic acids is 1. The van der Waals surface area contributed by atoms with Crippen molar-refractivity contribution in [3.8, 4) is 0 Å². The molecule has 5 nitrogen and oxygen atoms in total. The van der Waals surface area contributed by atoms with Gasteiger partial charge >= 0.3 is 6.18 Å². The van der Waals surface area contributed by atoms with Crippen LogP contribution in [-0.4, -0.2) is 50.8 Å². The number of piperidine rings is 1. The van der Waals surface area contributed by atoms with Gasteiger partial charge in [-0.3, -0.25) is 9.69 Å². The number of carbonyl (C=O) groups is 1. The van der Waals surface area contributed by atoms with E-state index in [1.165, 1.54) is 0 Å². The summed E-state index contributed by atoms with van der Waals surface area (Å²) in [5.41, 5.74) is -1.19. The van der Waals surface area contributed by atoms with Crippen LogP contribution < -0.4 is 5.32 Å². The van der Waals surface area contributed by atoms with Crippen molar-refractivity contribution in [2.24, 2.45) is 5.41 Å². The molecule has 1 heterocycles. The van der Waals surface area contributed by atoms with Crippen LogP contribution in [0.3, 0.4) is 0 Å². The summed E-state index contributed by atoms with van der Waals surface area (Å²) in [6.45, 7) is 1.97. The maximum Gasteiger partial charge on any atom is 0.403 e. The number of benzene rings is 1. The molecule has 0 radical (unpaired) electrons. The predicted octanol–water partition coefficient (Wildman–Crippen LogP) is 2.51. The van der Waals surface area contributed by atoms with Crippen molar-refractivity contribution in [3.05, 3.63) is 29.8 Å². The van der Waals surface area contributed by atoms with Gasteiger partial charge in [0.1, 0.15) is 5.41 Å². The zero-order valence-corrected chi connectivity index (χ0v) is 15.9. The maximum atomic E-state index is 13.0. The third kappa shape index (κ3) is 4.45. The lowest BCUT2D eigenvalue weighted by atomic mass is 10.0. The summed E-state index contributed by atoms with van der Waals surface area (Å²) < 4.78 is 62.0. The molecule has 3 rings (SSSR count). The first-order valence-corrected chi connectivity index (χ1v) is 10.8. The number of nitrogens with zero attached hydrogens (tertiary/aromatic N) is 1. The third-order valence-electron chi connectivity index (χ3n) is 5.41. The first-order valence-electron chi connectivity index (χ1n) is 8.90. The normalized spacial score (nSPS) is 21.0. The van der Waals surface area contributed by atoms with Crippen molar-refractivity contribution >= 4 is 15.7 Å². The minimum absolute atomic E-state index is 0.120. The van der Waals surface area contributed by atoms with Gasteiger partial charge in [-0.2, -0.15) is 13.2 Å². The smallest absolute Gasteiger partial charge is 0.352 e. The Morgan fingerprint density at radius 1 is 1.19 bits per heavy atom. The highest BCUT2D eigenvalue weighted by molar-refractivity contribution is 7.90. The van der Waals surface area contributed by atoms with Gasteiger partial charge in [0, 0.05) is 31.9 Å². The van der Waals surface area contributed by atoms with Gasteiger partial charge in [0.2, 0.25) is 5.91 Å². The van der Waals surface area contributed by atoms with E-state index in [9.17, 15) is 26.4 Å². The van der Waals surface area contributed by atoms with Crippen LogP contribution in [0.4, 0.5) is 13.2 Å². The van der Waals surface area contributed by atoms with Crippen LogP contribution in [0.5, 0.6) is 0 Å². The number of hydrogen-bond acceptors (Lipinski definition) is 4. The molecular formula is C18H23F3N2O3S. The van der Waals surface area contributed by atoms with E-state index in [0.717, 1.165) is 11.8 Å². The molecule has 0 bridgehead atoms. The van der Waals surface area contributed by atoms with E-state index >= 15 is 0 Å². The minimum atomic E-state index is -4.48. The van der Waals surface area contributed by atoms with E-state index in [2.05, 4.69) is 10.2 Å². The monoisotopic (exact) mass is 404 g/mol. The lowest BCUT2D eigenvalue weighted by Crippen LogP contribution is -2.49. The summed E-state index contributed by atoms with van der Waals surface area (Å²) in [5, 5.41) is 2.58. The summed E-state index contributed by atoms with van der Waals surface area (Å²) in [7, 11) is -3.22. The second-order valence-corrected chi connectivity index (χ2v) is 9.54. The lowest BCUT2D eigenvalue weighted by molar-refractivity contribution is -0.192. The van der Waals surface area contributed by atoms with Gasteiger partial charge in [0.15, 0.2) is 9.84 Å². The molecule has 0 spiro atoms. The van der Waals surface area contributed by atoms with Crippen molar-refractivity contribution in [3.63, 3.8) is 0 Å². The molecule has 1 saturated heterocycles. The molecule has 150 valence electrons. The largest absolute Gasteiger partial charge is 0.403 e. The highest BCUT2D eigenvalue weighted by atomic mass is 32.2. The fourth-order valence-corrected chi connectivity index (χ4v) is 4.05. The molecule has 27 heavy (non-hydrogen) atoms. The van der Waals surface area contributed by atoms with Crippen LogP contribution in [0.2, 0.25) is 0 Å². The third-order valence-corrected chi connectivity index (χ3v) is 6.54. The Kier molecular flexibility index (Phi) is 5.28. The molecule has 1 amide bonds. The van der Waals surface area contributed by atoms with E-state index in [4.69, 9.17) is 0 Å². The van der Waals surface area contributed by atoms with Crippen LogP contribution in [0, 0.1) is 5.41 Å². The quantitative estimate of drug-likeness (QED) is 0.819. The highest BCUT2D eigenvalue weighted by Gasteiger charge is 2.68. The Labute approximate surface area is 156 Å². The Bertz CT molecular complexity index is 794. The van der Waals surface area contributed by atoms with Crippen molar-refractivity contribution < 1.29 is 26.4 Å². The SMILES string of the molecule is CS(=O)(=O)c1ccc(CN2CCC(NC(=O)C3(C(F)(F)F)CC3)CC2)cc1. The molecule has 0 atom stereocenters. The second-order valence-electron chi connectivity index (χ2n) is 7.52. The van der Waals surface area contributed by atoms with E-state index in [0.29, 0.717) is 32.5 Å². The standard InChI is InChI=1S/C18H23F3N2O3S/c1-27(25,26)15-4-2-13(3-5-15)12-23-10-6-14(7-11-23)22-16(24)17(8-9-17)18(19,20)21/h2-5,14H,6-12H2,1H3,(H,22,24). The first-order chi connectivity index (χ1) is 12.5. The van der Waals surface area contributed by atoms with Gasteiger partial charge in [-0.05, 0) is 43.4 Å². The molecule has 1 aromatic carbocycles. The zero-order chi connectivity index (χ0) is 19.9. The summed E-state index contributed by atoms with van der Waals surface area (Å²) >= 11 is 0. The molecular weight excluding hydrogens is 381 g/mol. The summed E-state index contributed by atoms with van der Waals surface area (Å²) in [4.78, 5) is 14.5. The Morgan fingerprint density at radius 3 is 2.19 bits per heavy atom. The number of alkyl halides is 3. The van der Waals surface area contributed by atoms with E-state index < -0.39 is 27.3 Å². The van der Waals surface area contributed by atoms with E-state index in [1.54, 1.807) is 24.3 Å². The number of hydrogen-bond donors (Lipinski definition) is 1. The number of rotatable bonds is 5. The Balaban J connectivity index is 1.49. The number of nitrogens with one attached hydrogen (secondary N) is 1. The minimum Gasteiger partial charge on any atom is -0.352 e. The molecule has 1 aromatic rings. The van der Waals surface area contributed by atoms with Gasteiger partial charge in [-0.1, -0.05) is 12.1 Å². The summed E-state index contributed by atoms with van der Waals surface area (Å²) in [5.74, 6) is -0.884. The summed E-state index contributed by atoms with van der Waals surface area (Å²) in [6.07, 6.45) is -2.36. The Hall–Kier alpha value is -1.61. The molecule has 2 fully saturated rings. The van der Waals surface area contributed by atoms with Crippen LogP contribution >= 0.6 is 0 Å². The molecule has 9 heteroatoms. The molecule has 0 unspecified atom stereocenters. The molecule has 2 aliphatic rings. The van der Waals surface area contributed by atoms with Gasteiger partial charge in [-0.25, -0.2) is 8.42 Å². The predicted molar refractivity (Wildman–Crippen MR) is 93.7 cm³/mol. The fraction of sp³-hybridized carbons (Fsp3) is 0.611. The van der Waals surface area contributed by atoms with Crippen LogP contribution in [0.1, 0.15) is 31.2 Å². The van der Waals surface area contributed by atoms with E-state index in [1.807, 2.05) is 0 Å². The second kappa shape index (κ2) is 7.09. The molecule has 1 aliphatic heterocycles. The highest BCUT2D eigenvalue weighted by Crippen LogP contribution is 2.57. The van der Waals surface area contributed by atoms with Gasteiger partial charge in [0.25, 0.3) is 0 Å². The number of halogens is 3. The molecule has 1 saturated carbocycles. The van der Waals surface area contributed by atoms with Gasteiger partial charge in [0.05, 0.1) is 4.90 Å². The maximum absolute atomic E-state index is 13.0. The topological polar surface area (TPSA) is 66.5 Å². The first kappa shape index (κ1) is 20.1. The average molecular weight is 404 g/mol. The average Bonchev–Trinajstić information content (AvgIpc) is 3.38. The van der Waals surface area contributed by atoms with E-state index in [-0.39, 0.29) is 23.8 Å². The molecule has 0 aromatic heterocycles. The van der Waals surface area contributed by atoms with Crippen LogP contribution in [0.25, 0.3) is 0 Å². The van der Waals surface area contributed by atoms with Crippen molar-refractivity contribution in [1.29, 1.82) is 0 Å². The number of likely N-dealkylation sites (tertiary alicyclic amines) is 1. The molecule has 1 N–H and O–H groups in total. The van der Waals surface area contributed by atoms with Crippen molar-refractivity contribution in [2.75, 3.05) is 19.3 Å². The van der Waals surface area contributed by atoms with Crippen molar-refractivity contribution in [2.45, 2.75) is 49.3 Å². The summed E-state index contributed by atoms with van der Waals surface area (Å²) in [6, 6.07) is 6.45. The Morgan fingerprint density at radius 2 is 1.74 bits per heavy atom. The fourth-order valence-electron chi connectivity index (χ4n) is 3.42. The number of amides is 1. The van der Waals surface area contributed by atoms with Gasteiger partial charge in [-0.15, -0.1) is 0 Å². The number of sulfone groups is 1. The van der Waals surface area contributed by atoms with Crippen molar-refractivity contribution in [1.82, 2.24) is 10.2 Å². The lowest BCUT2D eigenvalue weighted by Gasteiger charge is -2.33.